The molecule has 0 bridgehead atoms. The number of hydrogen-bond acceptors (Lipinski definition) is 3. The van der Waals surface area contributed by atoms with E-state index in [1.54, 1.807) is 0 Å². The summed E-state index contributed by atoms with van der Waals surface area (Å²) < 4.78 is 5.49. The van der Waals surface area contributed by atoms with Crippen LogP contribution < -0.4 is 10.6 Å². The number of carbonyl (C=O) groups is 1. The first kappa shape index (κ1) is 15.0. The fraction of sp³-hybridized carbons (Fsp3) is 0.462. The first-order chi connectivity index (χ1) is 8.24. The van der Waals surface area contributed by atoms with Gasteiger partial charge >= 0.3 is 0 Å². The first-order valence-electron chi connectivity index (χ1n) is 5.93. The highest BCUT2D eigenvalue weighted by atomic mass is 35.5. The van der Waals surface area contributed by atoms with Gasteiger partial charge in [0.05, 0.1) is 19.1 Å². The Labute approximate surface area is 114 Å². The predicted molar refractivity (Wildman–Crippen MR) is 74.3 cm³/mol. The van der Waals surface area contributed by atoms with E-state index in [4.69, 9.17) is 4.74 Å². The number of amides is 1. The quantitative estimate of drug-likeness (QED) is 0.880. The van der Waals surface area contributed by atoms with Gasteiger partial charge in [0, 0.05) is 18.8 Å². The molecule has 5 heteroatoms. The number of anilines is 1. The molecule has 1 heterocycles. The highest BCUT2D eigenvalue weighted by Crippen LogP contribution is 2.11. The molecule has 0 radical (unpaired) electrons. The van der Waals surface area contributed by atoms with Gasteiger partial charge in [-0.05, 0) is 24.6 Å². The van der Waals surface area contributed by atoms with Crippen LogP contribution in [0, 0.1) is 6.92 Å². The normalized spacial score (nSPS) is 18.8. The van der Waals surface area contributed by atoms with E-state index in [0.29, 0.717) is 13.0 Å². The highest BCUT2D eigenvalue weighted by Gasteiger charge is 2.17. The van der Waals surface area contributed by atoms with Gasteiger partial charge in [-0.3, -0.25) is 4.79 Å². The van der Waals surface area contributed by atoms with Gasteiger partial charge in [0.1, 0.15) is 0 Å². The molecule has 1 aromatic carbocycles. The standard InChI is InChI=1S/C13H18N2O2.ClH/c1-10-3-2-4-11(7-10)15-13(16)8-12-9-14-5-6-17-12;/h2-4,7,12,14H,5-6,8-9H2,1H3,(H,15,16);1H. The van der Waals surface area contributed by atoms with Crippen LogP contribution in [0.5, 0.6) is 0 Å². The number of morpholine rings is 1. The van der Waals surface area contributed by atoms with E-state index in [9.17, 15) is 4.79 Å². The van der Waals surface area contributed by atoms with Crippen LogP contribution in [0.3, 0.4) is 0 Å². The number of nitrogens with one attached hydrogen (secondary N) is 2. The van der Waals surface area contributed by atoms with Crippen LogP contribution in [-0.4, -0.2) is 31.7 Å². The van der Waals surface area contributed by atoms with Crippen LogP contribution >= 0.6 is 12.4 Å². The predicted octanol–water partition coefficient (Wildman–Crippen LogP) is 1.73. The van der Waals surface area contributed by atoms with Crippen molar-refractivity contribution in [3.63, 3.8) is 0 Å². The number of ether oxygens (including phenoxy) is 1. The number of aryl methyl sites for hydroxylation is 1. The molecule has 0 aliphatic carbocycles. The molecule has 1 aliphatic heterocycles. The SMILES string of the molecule is Cc1cccc(NC(=O)CC2CNCCO2)c1.Cl. The van der Waals surface area contributed by atoms with E-state index in [-0.39, 0.29) is 24.4 Å². The second-order valence-electron chi connectivity index (χ2n) is 4.32. The summed E-state index contributed by atoms with van der Waals surface area (Å²) in [6.07, 6.45) is 0.398. The lowest BCUT2D eigenvalue weighted by Crippen LogP contribution is -2.40. The lowest BCUT2D eigenvalue weighted by molar-refractivity contribution is -0.119. The van der Waals surface area contributed by atoms with Gasteiger partial charge in [-0.1, -0.05) is 12.1 Å². The molecular formula is C13H19ClN2O2. The van der Waals surface area contributed by atoms with Crippen LogP contribution in [0.15, 0.2) is 24.3 Å². The molecule has 0 saturated carbocycles. The zero-order chi connectivity index (χ0) is 12.1. The van der Waals surface area contributed by atoms with Gasteiger partial charge in [0.2, 0.25) is 5.91 Å². The van der Waals surface area contributed by atoms with Crippen molar-refractivity contribution >= 4 is 24.0 Å². The zero-order valence-corrected chi connectivity index (χ0v) is 11.3. The number of benzene rings is 1. The van der Waals surface area contributed by atoms with E-state index < -0.39 is 0 Å². The molecule has 1 amide bonds. The molecule has 4 nitrogen and oxygen atoms in total. The average molecular weight is 271 g/mol. The summed E-state index contributed by atoms with van der Waals surface area (Å²) in [5.74, 6) is 0.00398. The van der Waals surface area contributed by atoms with Crippen molar-refractivity contribution < 1.29 is 9.53 Å². The fourth-order valence-electron chi connectivity index (χ4n) is 1.89. The van der Waals surface area contributed by atoms with E-state index in [2.05, 4.69) is 10.6 Å². The second-order valence-corrected chi connectivity index (χ2v) is 4.32. The molecule has 0 aromatic heterocycles. The Kier molecular flexibility index (Phi) is 6.12. The third-order valence-electron chi connectivity index (χ3n) is 2.72. The maximum absolute atomic E-state index is 11.8. The molecule has 2 N–H and O–H groups in total. The fourth-order valence-corrected chi connectivity index (χ4v) is 1.89. The van der Waals surface area contributed by atoms with Gasteiger partial charge in [0.15, 0.2) is 0 Å². The minimum atomic E-state index is -0.00596. The van der Waals surface area contributed by atoms with E-state index >= 15 is 0 Å². The first-order valence-corrected chi connectivity index (χ1v) is 5.93. The maximum atomic E-state index is 11.8. The summed E-state index contributed by atoms with van der Waals surface area (Å²) >= 11 is 0. The summed E-state index contributed by atoms with van der Waals surface area (Å²) in [6.45, 7) is 4.31. The number of rotatable bonds is 3. The molecule has 1 unspecified atom stereocenters. The summed E-state index contributed by atoms with van der Waals surface area (Å²) in [4.78, 5) is 11.8. The Morgan fingerprint density at radius 3 is 3.06 bits per heavy atom. The van der Waals surface area contributed by atoms with Gasteiger partial charge in [-0.25, -0.2) is 0 Å². The number of hydrogen-bond donors (Lipinski definition) is 2. The van der Waals surface area contributed by atoms with Crippen LogP contribution in [0.4, 0.5) is 5.69 Å². The van der Waals surface area contributed by atoms with Crippen LogP contribution in [-0.2, 0) is 9.53 Å². The van der Waals surface area contributed by atoms with Crippen LogP contribution in [0.1, 0.15) is 12.0 Å². The Bertz CT molecular complexity index is 392. The smallest absolute Gasteiger partial charge is 0.227 e. The lowest BCUT2D eigenvalue weighted by Gasteiger charge is -2.23. The van der Waals surface area contributed by atoms with Crippen molar-refractivity contribution in [3.05, 3.63) is 29.8 Å². The maximum Gasteiger partial charge on any atom is 0.227 e. The van der Waals surface area contributed by atoms with Gasteiger partial charge in [-0.15, -0.1) is 12.4 Å². The topological polar surface area (TPSA) is 50.4 Å². The summed E-state index contributed by atoms with van der Waals surface area (Å²) in [5.41, 5.74) is 1.98. The molecule has 0 spiro atoms. The van der Waals surface area contributed by atoms with Crippen molar-refractivity contribution in [2.45, 2.75) is 19.4 Å². The van der Waals surface area contributed by atoms with Crippen LogP contribution in [0.25, 0.3) is 0 Å². The minimum Gasteiger partial charge on any atom is -0.375 e. The Balaban J connectivity index is 0.00000162. The highest BCUT2D eigenvalue weighted by molar-refractivity contribution is 5.91. The Morgan fingerprint density at radius 2 is 2.39 bits per heavy atom. The van der Waals surface area contributed by atoms with Crippen LogP contribution in [0.2, 0.25) is 0 Å². The molecule has 1 saturated heterocycles. The van der Waals surface area contributed by atoms with E-state index in [1.807, 2.05) is 31.2 Å². The minimum absolute atomic E-state index is 0. The van der Waals surface area contributed by atoms with Crippen molar-refractivity contribution in [2.75, 3.05) is 25.0 Å². The van der Waals surface area contributed by atoms with Crippen molar-refractivity contribution in [3.8, 4) is 0 Å². The third-order valence-corrected chi connectivity index (χ3v) is 2.72. The molecule has 18 heavy (non-hydrogen) atoms. The van der Waals surface area contributed by atoms with E-state index in [1.165, 1.54) is 0 Å². The molecule has 1 aliphatic rings. The van der Waals surface area contributed by atoms with Gasteiger partial charge in [-0.2, -0.15) is 0 Å². The summed E-state index contributed by atoms with van der Waals surface area (Å²) in [6, 6.07) is 7.79. The molecular weight excluding hydrogens is 252 g/mol. The summed E-state index contributed by atoms with van der Waals surface area (Å²) in [7, 11) is 0. The van der Waals surface area contributed by atoms with Gasteiger partial charge in [0.25, 0.3) is 0 Å². The number of carbonyl (C=O) groups excluding carboxylic acids is 1. The molecule has 1 fully saturated rings. The average Bonchev–Trinajstić information content (AvgIpc) is 2.30. The Hall–Kier alpha value is -1.10. The summed E-state index contributed by atoms with van der Waals surface area (Å²) in [5, 5.41) is 6.09. The molecule has 1 atom stereocenters. The Morgan fingerprint density at radius 1 is 1.56 bits per heavy atom. The number of halogens is 1. The third kappa shape index (κ3) is 4.64. The van der Waals surface area contributed by atoms with Crippen molar-refractivity contribution in [1.29, 1.82) is 0 Å². The second kappa shape index (κ2) is 7.36. The molecule has 100 valence electrons. The van der Waals surface area contributed by atoms with Gasteiger partial charge < -0.3 is 15.4 Å². The zero-order valence-electron chi connectivity index (χ0n) is 10.4. The lowest BCUT2D eigenvalue weighted by atomic mass is 10.2. The van der Waals surface area contributed by atoms with Crippen molar-refractivity contribution in [2.24, 2.45) is 0 Å². The largest absolute Gasteiger partial charge is 0.375 e. The van der Waals surface area contributed by atoms with Crippen molar-refractivity contribution in [1.82, 2.24) is 5.32 Å². The van der Waals surface area contributed by atoms with E-state index in [0.717, 1.165) is 24.3 Å². The molecule has 1 aromatic rings. The monoisotopic (exact) mass is 270 g/mol. The molecule has 2 rings (SSSR count).